The van der Waals surface area contributed by atoms with Crippen LogP contribution in [0.15, 0.2) is 0 Å². The molecule has 1 aliphatic heterocycles. The molecule has 0 aliphatic carbocycles. The van der Waals surface area contributed by atoms with Crippen molar-refractivity contribution in [1.29, 1.82) is 0 Å². The molecule has 0 N–H and O–H groups in total. The van der Waals surface area contributed by atoms with Gasteiger partial charge in [-0.1, -0.05) is 22.4 Å². The van der Waals surface area contributed by atoms with Gasteiger partial charge in [-0.25, -0.2) is 0 Å². The number of hydrogen-bond donors (Lipinski definition) is 0. The van der Waals surface area contributed by atoms with E-state index in [9.17, 15) is 0 Å². The average Bonchev–Trinajstić information content (AvgIpc) is 2.27. The minimum Gasteiger partial charge on any atom is -0.378 e. The van der Waals surface area contributed by atoms with Crippen LogP contribution in [0.3, 0.4) is 0 Å². The van der Waals surface area contributed by atoms with E-state index in [1.807, 2.05) is 0 Å². The highest BCUT2D eigenvalue weighted by Gasteiger charge is 2.18. The molecule has 0 aromatic rings. The molecule has 2 nitrogen and oxygen atoms in total. The summed E-state index contributed by atoms with van der Waals surface area (Å²) in [6.45, 7) is 6.71. The lowest BCUT2D eigenvalue weighted by Crippen LogP contribution is -2.37. The first-order valence-electron chi connectivity index (χ1n) is 6.26. The first-order valence-corrected chi connectivity index (χ1v) is 7.39. The lowest BCUT2D eigenvalue weighted by Gasteiger charge is -2.31. The Morgan fingerprint density at radius 2 is 1.93 bits per heavy atom. The maximum absolute atomic E-state index is 5.64. The third-order valence-corrected chi connectivity index (χ3v) is 3.61. The molecule has 0 unspecified atom stereocenters. The molecule has 1 saturated heterocycles. The van der Waals surface area contributed by atoms with Crippen LogP contribution in [0.4, 0.5) is 0 Å². The fourth-order valence-corrected chi connectivity index (χ4v) is 2.54. The Balaban J connectivity index is 1.99. The number of nitrogens with zero attached hydrogens (tertiary/aromatic N) is 1. The van der Waals surface area contributed by atoms with Crippen LogP contribution in [-0.4, -0.2) is 42.6 Å². The van der Waals surface area contributed by atoms with Crippen LogP contribution in [0.2, 0.25) is 0 Å². The van der Waals surface area contributed by atoms with Gasteiger partial charge < -0.3 is 9.64 Å². The number of alkyl halides is 1. The maximum Gasteiger partial charge on any atom is 0.0599 e. The Morgan fingerprint density at radius 1 is 1.20 bits per heavy atom. The normalized spacial score (nSPS) is 19.6. The maximum atomic E-state index is 5.64. The van der Waals surface area contributed by atoms with Crippen molar-refractivity contribution in [3.63, 3.8) is 0 Å². The molecule has 0 amide bonds. The second kappa shape index (κ2) is 8.54. The zero-order valence-corrected chi connectivity index (χ0v) is 11.5. The van der Waals surface area contributed by atoms with Crippen LogP contribution in [0.1, 0.15) is 39.0 Å². The lowest BCUT2D eigenvalue weighted by atomic mass is 10.1. The van der Waals surface area contributed by atoms with Crippen molar-refractivity contribution in [1.82, 2.24) is 4.90 Å². The van der Waals surface area contributed by atoms with Gasteiger partial charge in [0.1, 0.15) is 0 Å². The number of likely N-dealkylation sites (tertiary alicyclic amines) is 1. The van der Waals surface area contributed by atoms with Crippen molar-refractivity contribution < 1.29 is 4.74 Å². The molecule has 1 fully saturated rings. The summed E-state index contributed by atoms with van der Waals surface area (Å²) in [6.07, 6.45) is 7.02. The number of halogens is 1. The lowest BCUT2D eigenvalue weighted by molar-refractivity contribution is 0.0140. The van der Waals surface area contributed by atoms with Crippen LogP contribution in [-0.2, 0) is 4.74 Å². The number of rotatable bonds is 7. The van der Waals surface area contributed by atoms with E-state index in [0.29, 0.717) is 6.10 Å². The summed E-state index contributed by atoms with van der Waals surface area (Å²) in [5, 5.41) is 1.15. The van der Waals surface area contributed by atoms with E-state index in [-0.39, 0.29) is 0 Å². The fourth-order valence-electron chi connectivity index (χ4n) is 2.14. The number of ether oxygens (including phenoxy) is 1. The monoisotopic (exact) mass is 277 g/mol. The van der Waals surface area contributed by atoms with Gasteiger partial charge >= 0.3 is 0 Å². The van der Waals surface area contributed by atoms with Crippen molar-refractivity contribution in [2.45, 2.75) is 45.1 Å². The molecule has 15 heavy (non-hydrogen) atoms. The molecule has 1 rings (SSSR count). The number of hydrogen-bond acceptors (Lipinski definition) is 2. The van der Waals surface area contributed by atoms with Crippen molar-refractivity contribution >= 4 is 15.9 Å². The van der Waals surface area contributed by atoms with Gasteiger partial charge in [-0.2, -0.15) is 0 Å². The Kier molecular flexibility index (Phi) is 7.67. The summed E-state index contributed by atoms with van der Waals surface area (Å²) in [5.41, 5.74) is 0. The summed E-state index contributed by atoms with van der Waals surface area (Å²) in [5.74, 6) is 0. The van der Waals surface area contributed by atoms with E-state index >= 15 is 0 Å². The molecule has 0 atom stereocenters. The van der Waals surface area contributed by atoms with Crippen LogP contribution in [0.25, 0.3) is 0 Å². The summed E-state index contributed by atoms with van der Waals surface area (Å²) >= 11 is 3.47. The van der Waals surface area contributed by atoms with E-state index in [2.05, 4.69) is 27.8 Å². The summed E-state index contributed by atoms with van der Waals surface area (Å²) in [7, 11) is 0. The Labute approximate surface area is 102 Å². The van der Waals surface area contributed by atoms with Crippen molar-refractivity contribution in [2.75, 3.05) is 31.6 Å². The number of piperidine rings is 1. The van der Waals surface area contributed by atoms with Crippen molar-refractivity contribution in [3.8, 4) is 0 Å². The highest BCUT2D eigenvalue weighted by Crippen LogP contribution is 2.14. The van der Waals surface area contributed by atoms with Crippen LogP contribution >= 0.6 is 15.9 Å². The Hall–Kier alpha value is 0.400. The highest BCUT2D eigenvalue weighted by molar-refractivity contribution is 9.09. The van der Waals surface area contributed by atoms with Gasteiger partial charge in [0.15, 0.2) is 0 Å². The third kappa shape index (κ3) is 5.88. The second-order valence-electron chi connectivity index (χ2n) is 4.25. The molecule has 0 aromatic carbocycles. The first-order chi connectivity index (χ1) is 7.36. The predicted molar refractivity (Wildman–Crippen MR) is 68.7 cm³/mol. The standard InChI is InChI=1S/C12H24BrNO/c1-2-15-12-6-10-14(11-7-12)9-5-3-4-8-13/h12H,2-11H2,1H3. The van der Waals surface area contributed by atoms with E-state index < -0.39 is 0 Å². The molecule has 0 aromatic heterocycles. The van der Waals surface area contributed by atoms with E-state index in [1.54, 1.807) is 0 Å². The van der Waals surface area contributed by atoms with Gasteiger partial charge in [0.05, 0.1) is 6.10 Å². The van der Waals surface area contributed by atoms with Gasteiger partial charge in [0, 0.05) is 25.0 Å². The molecule has 0 spiro atoms. The Morgan fingerprint density at radius 3 is 2.53 bits per heavy atom. The zero-order chi connectivity index (χ0) is 10.9. The first kappa shape index (κ1) is 13.5. The van der Waals surface area contributed by atoms with Crippen molar-refractivity contribution in [3.05, 3.63) is 0 Å². The average molecular weight is 278 g/mol. The molecule has 3 heteroatoms. The van der Waals surface area contributed by atoms with Gasteiger partial charge in [0.25, 0.3) is 0 Å². The quantitative estimate of drug-likeness (QED) is 0.524. The summed E-state index contributed by atoms with van der Waals surface area (Å²) in [6, 6.07) is 0. The topological polar surface area (TPSA) is 12.5 Å². The molecule has 0 radical (unpaired) electrons. The molecule has 0 saturated carbocycles. The fraction of sp³-hybridized carbons (Fsp3) is 1.00. The molecule has 90 valence electrons. The molecule has 1 aliphatic rings. The molecule has 1 heterocycles. The van der Waals surface area contributed by atoms with Gasteiger partial charge in [-0.05, 0) is 39.2 Å². The smallest absolute Gasteiger partial charge is 0.0599 e. The molecular formula is C12H24BrNO. The summed E-state index contributed by atoms with van der Waals surface area (Å²) in [4.78, 5) is 2.59. The zero-order valence-electron chi connectivity index (χ0n) is 9.88. The largest absolute Gasteiger partial charge is 0.378 e. The third-order valence-electron chi connectivity index (χ3n) is 3.04. The molecular weight excluding hydrogens is 254 g/mol. The number of unbranched alkanes of at least 4 members (excludes halogenated alkanes) is 2. The van der Waals surface area contributed by atoms with Crippen LogP contribution < -0.4 is 0 Å². The Bertz CT molecular complexity index is 144. The van der Waals surface area contributed by atoms with Crippen LogP contribution in [0.5, 0.6) is 0 Å². The van der Waals surface area contributed by atoms with Crippen molar-refractivity contribution in [2.24, 2.45) is 0 Å². The van der Waals surface area contributed by atoms with Gasteiger partial charge in [-0.15, -0.1) is 0 Å². The van der Waals surface area contributed by atoms with E-state index in [1.165, 1.54) is 51.7 Å². The van der Waals surface area contributed by atoms with Gasteiger partial charge in [-0.3, -0.25) is 0 Å². The second-order valence-corrected chi connectivity index (χ2v) is 5.04. The van der Waals surface area contributed by atoms with Gasteiger partial charge in [0.2, 0.25) is 0 Å². The predicted octanol–water partition coefficient (Wildman–Crippen LogP) is 3.05. The summed E-state index contributed by atoms with van der Waals surface area (Å²) < 4.78 is 5.64. The minimum atomic E-state index is 0.536. The molecule has 0 bridgehead atoms. The van der Waals surface area contributed by atoms with Crippen LogP contribution in [0, 0.1) is 0 Å². The van der Waals surface area contributed by atoms with E-state index in [4.69, 9.17) is 4.74 Å². The highest BCUT2D eigenvalue weighted by atomic mass is 79.9. The minimum absolute atomic E-state index is 0.536. The SMILES string of the molecule is CCOC1CCN(CCCCCBr)CC1. The van der Waals surface area contributed by atoms with E-state index in [0.717, 1.165) is 11.9 Å².